The Morgan fingerprint density at radius 1 is 1.30 bits per heavy atom. The largest absolute Gasteiger partial charge is 0.409 e. The molecule has 5 nitrogen and oxygen atoms in total. The Kier molecular flexibility index (Phi) is 4.92. The van der Waals surface area contributed by atoms with Crippen molar-refractivity contribution in [2.45, 2.75) is 13.5 Å². The molecule has 0 spiro atoms. The second-order valence-corrected chi connectivity index (χ2v) is 5.21. The fourth-order valence-corrected chi connectivity index (χ4v) is 2.44. The second kappa shape index (κ2) is 6.67. The van der Waals surface area contributed by atoms with Crippen LogP contribution in [0, 0.1) is 12.7 Å². The third kappa shape index (κ3) is 3.91. The zero-order chi connectivity index (χ0) is 14.5. The van der Waals surface area contributed by atoms with E-state index in [0.29, 0.717) is 6.54 Å². The molecular formula is C14H21FN4O. The minimum Gasteiger partial charge on any atom is -0.409 e. The van der Waals surface area contributed by atoms with Crippen LogP contribution >= 0.6 is 0 Å². The maximum absolute atomic E-state index is 13.1. The number of hydrogen-bond acceptors (Lipinski definition) is 4. The van der Waals surface area contributed by atoms with Crippen molar-refractivity contribution < 1.29 is 9.60 Å². The molecule has 1 aliphatic heterocycles. The van der Waals surface area contributed by atoms with Crippen LogP contribution in [0.15, 0.2) is 23.4 Å². The van der Waals surface area contributed by atoms with E-state index in [0.717, 1.165) is 43.9 Å². The maximum atomic E-state index is 13.1. The van der Waals surface area contributed by atoms with Gasteiger partial charge in [0.15, 0.2) is 5.84 Å². The van der Waals surface area contributed by atoms with Gasteiger partial charge in [-0.15, -0.1) is 0 Å². The molecule has 1 aromatic rings. The molecule has 0 radical (unpaired) electrons. The highest BCUT2D eigenvalue weighted by atomic mass is 19.1. The van der Waals surface area contributed by atoms with Gasteiger partial charge < -0.3 is 10.9 Å². The Morgan fingerprint density at radius 3 is 2.55 bits per heavy atom. The monoisotopic (exact) mass is 280 g/mol. The number of amidine groups is 1. The van der Waals surface area contributed by atoms with Crippen LogP contribution < -0.4 is 5.73 Å². The van der Waals surface area contributed by atoms with Gasteiger partial charge in [0.25, 0.3) is 0 Å². The van der Waals surface area contributed by atoms with Gasteiger partial charge in [0.2, 0.25) is 0 Å². The first kappa shape index (κ1) is 14.7. The molecule has 0 aromatic heterocycles. The minimum atomic E-state index is -0.185. The maximum Gasteiger partial charge on any atom is 0.153 e. The van der Waals surface area contributed by atoms with Gasteiger partial charge in [-0.25, -0.2) is 4.39 Å². The van der Waals surface area contributed by atoms with Gasteiger partial charge in [-0.05, 0) is 30.2 Å². The number of aryl methyl sites for hydroxylation is 1. The number of hydrogen-bond donors (Lipinski definition) is 2. The first-order valence-electron chi connectivity index (χ1n) is 6.74. The van der Waals surface area contributed by atoms with Crippen LogP contribution in [0.4, 0.5) is 4.39 Å². The highest BCUT2D eigenvalue weighted by Crippen LogP contribution is 2.14. The first-order chi connectivity index (χ1) is 9.58. The Bertz CT molecular complexity index is 484. The van der Waals surface area contributed by atoms with Crippen molar-refractivity contribution in [3.63, 3.8) is 0 Å². The van der Waals surface area contributed by atoms with Crippen molar-refractivity contribution >= 4 is 5.84 Å². The fourth-order valence-electron chi connectivity index (χ4n) is 2.44. The van der Waals surface area contributed by atoms with Crippen LogP contribution in [0.1, 0.15) is 11.1 Å². The van der Waals surface area contributed by atoms with E-state index in [2.05, 4.69) is 15.0 Å². The number of nitrogens with two attached hydrogens (primary N) is 1. The molecule has 6 heteroatoms. The van der Waals surface area contributed by atoms with E-state index in [1.807, 2.05) is 13.0 Å². The van der Waals surface area contributed by atoms with E-state index >= 15 is 0 Å². The van der Waals surface area contributed by atoms with Crippen LogP contribution in [0.25, 0.3) is 0 Å². The molecule has 0 atom stereocenters. The van der Waals surface area contributed by atoms with Gasteiger partial charge in [-0.2, -0.15) is 0 Å². The van der Waals surface area contributed by atoms with E-state index in [1.165, 1.54) is 6.07 Å². The summed E-state index contributed by atoms with van der Waals surface area (Å²) < 4.78 is 13.1. The van der Waals surface area contributed by atoms with E-state index in [4.69, 9.17) is 10.9 Å². The van der Waals surface area contributed by atoms with Crippen LogP contribution in [0.3, 0.4) is 0 Å². The zero-order valence-electron chi connectivity index (χ0n) is 11.7. The number of piperazine rings is 1. The molecule has 20 heavy (non-hydrogen) atoms. The smallest absolute Gasteiger partial charge is 0.153 e. The van der Waals surface area contributed by atoms with Crippen molar-refractivity contribution in [2.75, 3.05) is 32.7 Å². The van der Waals surface area contributed by atoms with Crippen LogP contribution in [-0.4, -0.2) is 53.6 Å². The van der Waals surface area contributed by atoms with E-state index < -0.39 is 0 Å². The van der Waals surface area contributed by atoms with Gasteiger partial charge >= 0.3 is 0 Å². The number of rotatable bonds is 4. The lowest BCUT2D eigenvalue weighted by Gasteiger charge is -2.34. The molecule has 0 bridgehead atoms. The summed E-state index contributed by atoms with van der Waals surface area (Å²) in [5.74, 6) is 0.0580. The van der Waals surface area contributed by atoms with Gasteiger partial charge in [0.1, 0.15) is 5.82 Å². The van der Waals surface area contributed by atoms with Crippen molar-refractivity contribution in [1.82, 2.24) is 9.80 Å². The SMILES string of the molecule is Cc1cc(F)ccc1CN1CCN(C/C(N)=N/O)CC1. The van der Waals surface area contributed by atoms with Crippen LogP contribution in [0.2, 0.25) is 0 Å². The van der Waals surface area contributed by atoms with Gasteiger partial charge in [0, 0.05) is 32.7 Å². The molecule has 0 amide bonds. The van der Waals surface area contributed by atoms with Crippen molar-refractivity contribution in [1.29, 1.82) is 0 Å². The molecule has 1 saturated heterocycles. The molecule has 110 valence electrons. The number of halogens is 1. The average molecular weight is 280 g/mol. The van der Waals surface area contributed by atoms with Gasteiger partial charge in [-0.1, -0.05) is 11.2 Å². The fraction of sp³-hybridized carbons (Fsp3) is 0.500. The molecule has 0 saturated carbocycles. The molecule has 0 aliphatic carbocycles. The number of benzene rings is 1. The van der Waals surface area contributed by atoms with E-state index in [-0.39, 0.29) is 11.7 Å². The number of nitrogens with zero attached hydrogens (tertiary/aromatic N) is 3. The summed E-state index contributed by atoms with van der Waals surface area (Å²) in [6.07, 6.45) is 0. The quantitative estimate of drug-likeness (QED) is 0.374. The Balaban J connectivity index is 1.85. The predicted molar refractivity (Wildman–Crippen MR) is 76.3 cm³/mol. The summed E-state index contributed by atoms with van der Waals surface area (Å²) in [7, 11) is 0. The highest BCUT2D eigenvalue weighted by Gasteiger charge is 2.18. The highest BCUT2D eigenvalue weighted by molar-refractivity contribution is 5.81. The van der Waals surface area contributed by atoms with Gasteiger partial charge in [0.05, 0.1) is 6.54 Å². The lowest BCUT2D eigenvalue weighted by molar-refractivity contribution is 0.138. The van der Waals surface area contributed by atoms with E-state index in [9.17, 15) is 4.39 Å². The van der Waals surface area contributed by atoms with Crippen molar-refractivity contribution in [2.24, 2.45) is 10.9 Å². The second-order valence-electron chi connectivity index (χ2n) is 5.21. The van der Waals surface area contributed by atoms with Crippen molar-refractivity contribution in [3.8, 4) is 0 Å². The normalized spacial score (nSPS) is 18.4. The van der Waals surface area contributed by atoms with Crippen LogP contribution in [0.5, 0.6) is 0 Å². The average Bonchev–Trinajstić information content (AvgIpc) is 2.44. The summed E-state index contributed by atoms with van der Waals surface area (Å²) in [5.41, 5.74) is 7.66. The predicted octanol–water partition coefficient (Wildman–Crippen LogP) is 0.998. The summed E-state index contributed by atoms with van der Waals surface area (Å²) in [6.45, 7) is 6.90. The summed E-state index contributed by atoms with van der Waals surface area (Å²) in [5, 5.41) is 11.6. The molecule has 1 fully saturated rings. The Morgan fingerprint density at radius 2 is 1.95 bits per heavy atom. The number of oxime groups is 1. The molecule has 0 unspecified atom stereocenters. The topological polar surface area (TPSA) is 65.1 Å². The van der Waals surface area contributed by atoms with Crippen molar-refractivity contribution in [3.05, 3.63) is 35.1 Å². The summed E-state index contributed by atoms with van der Waals surface area (Å²) >= 11 is 0. The molecule has 3 N–H and O–H groups in total. The lowest BCUT2D eigenvalue weighted by Crippen LogP contribution is -2.48. The Labute approximate surface area is 118 Å². The van der Waals surface area contributed by atoms with Gasteiger partial charge in [-0.3, -0.25) is 9.80 Å². The molecule has 1 aromatic carbocycles. The standard InChI is InChI=1S/C14H21FN4O/c1-11-8-13(15)3-2-12(11)9-18-4-6-19(7-5-18)10-14(16)17-20/h2-3,8,20H,4-7,9-10H2,1H3,(H2,16,17). The minimum absolute atomic E-state index is 0.185. The third-order valence-corrected chi connectivity index (χ3v) is 3.68. The molecular weight excluding hydrogens is 259 g/mol. The van der Waals surface area contributed by atoms with E-state index in [1.54, 1.807) is 6.07 Å². The summed E-state index contributed by atoms with van der Waals surface area (Å²) in [6, 6.07) is 4.94. The summed E-state index contributed by atoms with van der Waals surface area (Å²) in [4.78, 5) is 4.49. The lowest BCUT2D eigenvalue weighted by atomic mass is 10.1. The molecule has 1 heterocycles. The third-order valence-electron chi connectivity index (χ3n) is 3.68. The first-order valence-corrected chi connectivity index (χ1v) is 6.74. The molecule has 2 rings (SSSR count). The Hall–Kier alpha value is -1.66. The molecule has 1 aliphatic rings. The zero-order valence-corrected chi connectivity index (χ0v) is 11.7. The van der Waals surface area contributed by atoms with Crippen LogP contribution in [-0.2, 0) is 6.54 Å².